The van der Waals surface area contributed by atoms with Gasteiger partial charge in [0, 0.05) is 10.9 Å². The largest absolute Gasteiger partial charge is 0.325 e. The van der Waals surface area contributed by atoms with E-state index in [4.69, 9.17) is 5.26 Å². The van der Waals surface area contributed by atoms with Crippen molar-refractivity contribution in [3.8, 4) is 6.07 Å². The summed E-state index contributed by atoms with van der Waals surface area (Å²) in [4.78, 5) is 11.9. The number of nitrogens with zero attached hydrogens (tertiary/aromatic N) is 1. The van der Waals surface area contributed by atoms with Crippen LogP contribution >= 0.6 is 15.9 Å². The van der Waals surface area contributed by atoms with E-state index in [2.05, 4.69) is 27.3 Å². The van der Waals surface area contributed by atoms with Crippen LogP contribution in [0.5, 0.6) is 0 Å². The van der Waals surface area contributed by atoms with Gasteiger partial charge in [0.25, 0.3) is 0 Å². The molecule has 0 saturated heterocycles. The van der Waals surface area contributed by atoms with Crippen LogP contribution in [0, 0.1) is 17.2 Å². The number of carbonyl (C=O) groups excluding carboxylic acids is 1. The van der Waals surface area contributed by atoms with Gasteiger partial charge in [-0.25, -0.2) is 0 Å². The summed E-state index contributed by atoms with van der Waals surface area (Å²) in [6, 6.07) is 7.36. The highest BCUT2D eigenvalue weighted by molar-refractivity contribution is 9.10. The number of rotatable bonds is 3. The maximum Gasteiger partial charge on any atom is 0.224 e. The molecule has 1 aliphatic rings. The van der Waals surface area contributed by atoms with Gasteiger partial charge in [0.1, 0.15) is 6.07 Å². The summed E-state index contributed by atoms with van der Waals surface area (Å²) in [6.07, 6.45) is 5.34. The summed E-state index contributed by atoms with van der Waals surface area (Å²) in [5.74, 6) is 0.527. The van der Waals surface area contributed by atoms with Crippen molar-refractivity contribution in [2.24, 2.45) is 5.92 Å². The van der Waals surface area contributed by atoms with E-state index in [9.17, 15) is 4.79 Å². The molecule has 94 valence electrons. The standard InChI is InChI=1S/C14H15BrN2O/c15-12-6-5-11(9-16)13(8-12)17-14(18)7-10-3-1-2-4-10/h5-6,8,10H,1-4,7H2,(H,17,18). The Balaban J connectivity index is 2.02. The number of nitriles is 1. The maximum absolute atomic E-state index is 11.9. The van der Waals surface area contributed by atoms with Crippen molar-refractivity contribution in [3.05, 3.63) is 28.2 Å². The lowest BCUT2D eigenvalue weighted by Crippen LogP contribution is -2.15. The molecule has 0 heterocycles. The summed E-state index contributed by atoms with van der Waals surface area (Å²) in [6.45, 7) is 0. The van der Waals surface area contributed by atoms with Crippen LogP contribution in [0.25, 0.3) is 0 Å². The van der Waals surface area contributed by atoms with E-state index >= 15 is 0 Å². The lowest BCUT2D eigenvalue weighted by Gasteiger charge is -2.10. The highest BCUT2D eigenvalue weighted by Gasteiger charge is 2.19. The van der Waals surface area contributed by atoms with Gasteiger partial charge in [0.2, 0.25) is 5.91 Å². The molecule has 1 fully saturated rings. The smallest absolute Gasteiger partial charge is 0.224 e. The maximum atomic E-state index is 11.9. The normalized spacial score (nSPS) is 15.3. The van der Waals surface area contributed by atoms with Crippen LogP contribution in [0.1, 0.15) is 37.7 Å². The average molecular weight is 307 g/mol. The van der Waals surface area contributed by atoms with Gasteiger partial charge in [-0.05, 0) is 37.0 Å². The molecule has 1 saturated carbocycles. The van der Waals surface area contributed by atoms with E-state index in [1.54, 1.807) is 18.2 Å². The summed E-state index contributed by atoms with van der Waals surface area (Å²) < 4.78 is 0.859. The second-order valence-electron chi connectivity index (χ2n) is 4.70. The quantitative estimate of drug-likeness (QED) is 0.922. The molecule has 1 aromatic rings. The van der Waals surface area contributed by atoms with Gasteiger partial charge >= 0.3 is 0 Å². The topological polar surface area (TPSA) is 52.9 Å². The Morgan fingerprint density at radius 2 is 2.17 bits per heavy atom. The van der Waals surface area contributed by atoms with E-state index in [1.807, 2.05) is 0 Å². The molecule has 18 heavy (non-hydrogen) atoms. The zero-order chi connectivity index (χ0) is 13.0. The highest BCUT2D eigenvalue weighted by atomic mass is 79.9. The zero-order valence-corrected chi connectivity index (χ0v) is 11.7. The predicted molar refractivity (Wildman–Crippen MR) is 74.1 cm³/mol. The molecule has 1 aliphatic carbocycles. The molecule has 1 aromatic carbocycles. The monoisotopic (exact) mass is 306 g/mol. The fourth-order valence-corrected chi connectivity index (χ4v) is 2.76. The SMILES string of the molecule is N#Cc1ccc(Br)cc1NC(=O)CC1CCCC1. The van der Waals surface area contributed by atoms with Crippen LogP contribution in [0.4, 0.5) is 5.69 Å². The molecule has 3 nitrogen and oxygen atoms in total. The minimum Gasteiger partial charge on any atom is -0.325 e. The molecule has 0 radical (unpaired) electrons. The third-order valence-electron chi connectivity index (χ3n) is 3.32. The summed E-state index contributed by atoms with van der Waals surface area (Å²) in [5, 5.41) is 11.8. The first-order chi connectivity index (χ1) is 8.69. The number of hydrogen-bond donors (Lipinski definition) is 1. The fourth-order valence-electron chi connectivity index (χ4n) is 2.40. The number of carbonyl (C=O) groups is 1. The van der Waals surface area contributed by atoms with Gasteiger partial charge in [-0.15, -0.1) is 0 Å². The number of halogens is 1. The Kier molecular flexibility index (Phi) is 4.38. The van der Waals surface area contributed by atoms with E-state index < -0.39 is 0 Å². The third-order valence-corrected chi connectivity index (χ3v) is 3.82. The van der Waals surface area contributed by atoms with Crippen LogP contribution < -0.4 is 5.32 Å². The van der Waals surface area contributed by atoms with E-state index in [0.717, 1.165) is 17.3 Å². The number of nitrogens with one attached hydrogen (secondary N) is 1. The van der Waals surface area contributed by atoms with Crippen molar-refractivity contribution >= 4 is 27.5 Å². The molecule has 0 unspecified atom stereocenters. The molecular weight excluding hydrogens is 292 g/mol. The Hall–Kier alpha value is -1.34. The third kappa shape index (κ3) is 3.33. The first kappa shape index (κ1) is 13.1. The molecule has 1 N–H and O–H groups in total. The minimum atomic E-state index is 0.0106. The van der Waals surface area contributed by atoms with Crippen LogP contribution in [0.3, 0.4) is 0 Å². The summed E-state index contributed by atoms with van der Waals surface area (Å²) >= 11 is 3.34. The van der Waals surface area contributed by atoms with Crippen LogP contribution in [-0.2, 0) is 4.79 Å². The first-order valence-electron chi connectivity index (χ1n) is 6.18. The van der Waals surface area contributed by atoms with Crippen molar-refractivity contribution in [1.82, 2.24) is 0 Å². The molecule has 1 amide bonds. The first-order valence-corrected chi connectivity index (χ1v) is 6.98. The van der Waals surface area contributed by atoms with Gasteiger partial charge in [0.15, 0.2) is 0 Å². The number of amides is 1. The number of benzene rings is 1. The minimum absolute atomic E-state index is 0.0106. The zero-order valence-electron chi connectivity index (χ0n) is 10.1. The predicted octanol–water partition coefficient (Wildman–Crippen LogP) is 3.84. The molecule has 0 spiro atoms. The Morgan fingerprint density at radius 1 is 1.44 bits per heavy atom. The number of hydrogen-bond acceptors (Lipinski definition) is 2. The molecule has 0 atom stereocenters. The summed E-state index contributed by atoms with van der Waals surface area (Å²) in [5.41, 5.74) is 1.09. The molecule has 0 aliphatic heterocycles. The van der Waals surface area contributed by atoms with Crippen molar-refractivity contribution in [1.29, 1.82) is 5.26 Å². The van der Waals surface area contributed by atoms with Crippen molar-refractivity contribution in [2.75, 3.05) is 5.32 Å². The average Bonchev–Trinajstić information content (AvgIpc) is 2.82. The van der Waals surface area contributed by atoms with Crippen molar-refractivity contribution in [2.45, 2.75) is 32.1 Å². The van der Waals surface area contributed by atoms with Crippen molar-refractivity contribution < 1.29 is 4.79 Å². The van der Waals surface area contributed by atoms with Crippen molar-refractivity contribution in [3.63, 3.8) is 0 Å². The highest BCUT2D eigenvalue weighted by Crippen LogP contribution is 2.28. The van der Waals surface area contributed by atoms with Gasteiger partial charge in [-0.2, -0.15) is 5.26 Å². The lowest BCUT2D eigenvalue weighted by molar-refractivity contribution is -0.117. The van der Waals surface area contributed by atoms with Crippen LogP contribution in [0.15, 0.2) is 22.7 Å². The second-order valence-corrected chi connectivity index (χ2v) is 5.62. The lowest BCUT2D eigenvalue weighted by atomic mass is 10.0. The summed E-state index contributed by atoms with van der Waals surface area (Å²) in [7, 11) is 0. The number of anilines is 1. The molecule has 0 bridgehead atoms. The Morgan fingerprint density at radius 3 is 2.83 bits per heavy atom. The van der Waals surface area contributed by atoms with E-state index in [1.165, 1.54) is 12.8 Å². The Labute approximate surface area is 115 Å². The van der Waals surface area contributed by atoms with Gasteiger partial charge < -0.3 is 5.32 Å². The molecule has 0 aromatic heterocycles. The van der Waals surface area contributed by atoms with Crippen LogP contribution in [0.2, 0.25) is 0 Å². The molecular formula is C14H15BrN2O. The molecule has 2 rings (SSSR count). The van der Waals surface area contributed by atoms with E-state index in [0.29, 0.717) is 23.6 Å². The fraction of sp³-hybridized carbons (Fsp3) is 0.429. The van der Waals surface area contributed by atoms with E-state index in [-0.39, 0.29) is 5.91 Å². The molecule has 4 heteroatoms. The Bertz CT molecular complexity index is 487. The van der Waals surface area contributed by atoms with Gasteiger partial charge in [-0.3, -0.25) is 4.79 Å². The second kappa shape index (κ2) is 6.01. The van der Waals surface area contributed by atoms with Gasteiger partial charge in [-0.1, -0.05) is 28.8 Å². The van der Waals surface area contributed by atoms with Crippen LogP contribution in [-0.4, -0.2) is 5.91 Å². The van der Waals surface area contributed by atoms with Gasteiger partial charge in [0.05, 0.1) is 11.3 Å².